The van der Waals surface area contributed by atoms with Crippen molar-refractivity contribution >= 4 is 16.7 Å². The van der Waals surface area contributed by atoms with Crippen molar-refractivity contribution in [3.05, 3.63) is 65.9 Å². The number of aryl methyl sites for hydroxylation is 1. The summed E-state index contributed by atoms with van der Waals surface area (Å²) in [6, 6.07) is 17.2. The van der Waals surface area contributed by atoms with Crippen LogP contribution >= 0.6 is 0 Å². The Hall–Kier alpha value is -3.14. The molecule has 0 spiro atoms. The van der Waals surface area contributed by atoms with Crippen LogP contribution in [0, 0.1) is 11.3 Å². The molecule has 1 saturated heterocycles. The molecule has 1 aliphatic heterocycles. The molecule has 6 heteroatoms. The molecule has 31 heavy (non-hydrogen) atoms. The standard InChI is InChI=1S/C25H27N3O3/c26-12-6-13-28-17-22(21-9-2-3-10-23(21)28)25(30)18-27(16-20-8-5-14-31-20)15-19-7-1-4-11-24(19)29/h1-4,7,9-11,17,20,29H,5-6,8,13-16,18H2. The predicted molar refractivity (Wildman–Crippen MR) is 119 cm³/mol. The van der Waals surface area contributed by atoms with Gasteiger partial charge in [0.15, 0.2) is 5.78 Å². The number of hydrogen-bond donors (Lipinski definition) is 1. The van der Waals surface area contributed by atoms with E-state index in [4.69, 9.17) is 10.00 Å². The van der Waals surface area contributed by atoms with E-state index in [1.807, 2.05) is 47.2 Å². The van der Waals surface area contributed by atoms with Gasteiger partial charge < -0.3 is 14.4 Å². The Morgan fingerprint density at radius 2 is 2.03 bits per heavy atom. The minimum atomic E-state index is 0.0281. The molecule has 1 fully saturated rings. The molecule has 0 aliphatic carbocycles. The number of ether oxygens (including phenoxy) is 1. The summed E-state index contributed by atoms with van der Waals surface area (Å²) in [6.07, 6.45) is 4.39. The first-order valence-electron chi connectivity index (χ1n) is 10.7. The number of aromatic nitrogens is 1. The van der Waals surface area contributed by atoms with Gasteiger partial charge >= 0.3 is 0 Å². The van der Waals surface area contributed by atoms with Gasteiger partial charge in [0, 0.05) is 54.5 Å². The molecule has 4 rings (SSSR count). The molecule has 1 atom stereocenters. The van der Waals surface area contributed by atoms with Crippen molar-refractivity contribution in [3.8, 4) is 11.8 Å². The Kier molecular flexibility index (Phi) is 6.66. The van der Waals surface area contributed by atoms with Gasteiger partial charge in [-0.3, -0.25) is 9.69 Å². The Labute approximate surface area is 182 Å². The SMILES string of the molecule is N#CCCn1cc(C(=O)CN(Cc2ccccc2O)CC2CCCO2)c2ccccc21. The number of phenolic OH excluding ortho intramolecular Hbond substituents is 1. The molecule has 0 bridgehead atoms. The zero-order valence-corrected chi connectivity index (χ0v) is 17.5. The molecule has 0 saturated carbocycles. The third kappa shape index (κ3) is 4.96. The molecule has 6 nitrogen and oxygen atoms in total. The molecule has 3 aromatic rings. The number of phenols is 1. The number of nitriles is 1. The second kappa shape index (κ2) is 9.78. The van der Waals surface area contributed by atoms with E-state index in [1.165, 1.54) is 0 Å². The van der Waals surface area contributed by atoms with Crippen LogP contribution in [0.5, 0.6) is 5.75 Å². The molecule has 1 aliphatic rings. The fourth-order valence-electron chi connectivity index (χ4n) is 4.26. The summed E-state index contributed by atoms with van der Waals surface area (Å²) in [7, 11) is 0. The van der Waals surface area contributed by atoms with Crippen LogP contribution in [0.4, 0.5) is 0 Å². The van der Waals surface area contributed by atoms with Gasteiger partial charge in [-0.1, -0.05) is 36.4 Å². The second-order valence-electron chi connectivity index (χ2n) is 8.02. The fourth-order valence-corrected chi connectivity index (χ4v) is 4.26. The van der Waals surface area contributed by atoms with Crippen molar-refractivity contribution in [1.29, 1.82) is 5.26 Å². The summed E-state index contributed by atoms with van der Waals surface area (Å²) < 4.78 is 7.79. The van der Waals surface area contributed by atoms with E-state index in [2.05, 4.69) is 11.0 Å². The van der Waals surface area contributed by atoms with Gasteiger partial charge in [0.1, 0.15) is 5.75 Å². The predicted octanol–water partition coefficient (Wildman–Crippen LogP) is 4.12. The van der Waals surface area contributed by atoms with Crippen molar-refractivity contribution in [2.45, 2.75) is 38.5 Å². The van der Waals surface area contributed by atoms with E-state index in [9.17, 15) is 9.90 Å². The molecule has 1 unspecified atom stereocenters. The van der Waals surface area contributed by atoms with E-state index in [0.717, 1.165) is 35.9 Å². The summed E-state index contributed by atoms with van der Waals surface area (Å²) in [4.78, 5) is 15.4. The normalized spacial score (nSPS) is 16.1. The number of hydrogen-bond acceptors (Lipinski definition) is 5. The Bertz CT molecular complexity index is 1090. The highest BCUT2D eigenvalue weighted by Gasteiger charge is 2.23. The van der Waals surface area contributed by atoms with E-state index in [0.29, 0.717) is 31.6 Å². The van der Waals surface area contributed by atoms with E-state index in [-0.39, 0.29) is 24.2 Å². The Morgan fingerprint density at radius 3 is 2.81 bits per heavy atom. The monoisotopic (exact) mass is 417 g/mol. The van der Waals surface area contributed by atoms with E-state index >= 15 is 0 Å². The topological polar surface area (TPSA) is 78.5 Å². The smallest absolute Gasteiger partial charge is 0.178 e. The lowest BCUT2D eigenvalue weighted by atomic mass is 10.1. The number of Topliss-reactive ketones (excluding diaryl/α,β-unsaturated/α-hetero) is 1. The van der Waals surface area contributed by atoms with Gasteiger partial charge in [-0.25, -0.2) is 0 Å². The first kappa shape index (κ1) is 21.1. The third-order valence-corrected chi connectivity index (χ3v) is 5.79. The number of aromatic hydroxyl groups is 1. The van der Waals surface area contributed by atoms with Gasteiger partial charge in [-0.2, -0.15) is 5.26 Å². The van der Waals surface area contributed by atoms with Crippen LogP contribution in [0.2, 0.25) is 0 Å². The van der Waals surface area contributed by atoms with Crippen LogP contribution in [0.15, 0.2) is 54.7 Å². The molecule has 2 heterocycles. The van der Waals surface area contributed by atoms with Gasteiger partial charge in [0.05, 0.1) is 25.1 Å². The third-order valence-electron chi connectivity index (χ3n) is 5.79. The number of rotatable bonds is 9. The van der Waals surface area contributed by atoms with Gasteiger partial charge in [-0.05, 0) is 25.0 Å². The number of nitrogens with zero attached hydrogens (tertiary/aromatic N) is 3. The van der Waals surface area contributed by atoms with Crippen molar-refractivity contribution in [3.63, 3.8) is 0 Å². The quantitative estimate of drug-likeness (QED) is 0.530. The summed E-state index contributed by atoms with van der Waals surface area (Å²) in [5.41, 5.74) is 2.43. The number of para-hydroxylation sites is 2. The van der Waals surface area contributed by atoms with Crippen LogP contribution in [-0.2, 0) is 17.8 Å². The average Bonchev–Trinajstić information content (AvgIpc) is 3.42. The molecule has 1 N–H and O–H groups in total. The van der Waals surface area contributed by atoms with E-state index in [1.54, 1.807) is 12.1 Å². The highest BCUT2D eigenvalue weighted by molar-refractivity contribution is 6.09. The zero-order valence-electron chi connectivity index (χ0n) is 17.5. The average molecular weight is 418 g/mol. The largest absolute Gasteiger partial charge is 0.508 e. The molecule has 2 aromatic carbocycles. The van der Waals surface area contributed by atoms with Gasteiger partial charge in [-0.15, -0.1) is 0 Å². The van der Waals surface area contributed by atoms with Gasteiger partial charge in [0.25, 0.3) is 0 Å². The van der Waals surface area contributed by atoms with Crippen LogP contribution in [0.1, 0.15) is 35.2 Å². The molecule has 160 valence electrons. The number of ketones is 1. The molecular formula is C25H27N3O3. The number of carbonyl (C=O) groups excluding carboxylic acids is 1. The van der Waals surface area contributed by atoms with Crippen molar-refractivity contribution < 1.29 is 14.6 Å². The summed E-state index contributed by atoms with van der Waals surface area (Å²) in [5, 5.41) is 20.1. The maximum Gasteiger partial charge on any atom is 0.178 e. The van der Waals surface area contributed by atoms with E-state index < -0.39 is 0 Å². The highest BCUT2D eigenvalue weighted by atomic mass is 16.5. The van der Waals surface area contributed by atoms with Crippen molar-refractivity contribution in [2.75, 3.05) is 19.7 Å². The second-order valence-corrected chi connectivity index (χ2v) is 8.02. The van der Waals surface area contributed by atoms with Gasteiger partial charge in [0.2, 0.25) is 0 Å². The maximum atomic E-state index is 13.4. The first-order valence-corrected chi connectivity index (χ1v) is 10.7. The molecule has 0 amide bonds. The van der Waals surface area contributed by atoms with Crippen LogP contribution < -0.4 is 0 Å². The minimum absolute atomic E-state index is 0.0281. The van der Waals surface area contributed by atoms with Crippen molar-refractivity contribution in [1.82, 2.24) is 9.47 Å². The van der Waals surface area contributed by atoms with Crippen molar-refractivity contribution in [2.24, 2.45) is 0 Å². The van der Waals surface area contributed by atoms with Crippen LogP contribution in [0.25, 0.3) is 10.9 Å². The Morgan fingerprint density at radius 1 is 1.23 bits per heavy atom. The minimum Gasteiger partial charge on any atom is -0.508 e. The lowest BCUT2D eigenvalue weighted by molar-refractivity contribution is 0.0648. The first-order chi connectivity index (χ1) is 15.2. The summed E-state index contributed by atoms with van der Waals surface area (Å²) >= 11 is 0. The number of fused-ring (bicyclic) bond motifs is 1. The molecule has 0 radical (unpaired) electrons. The van der Waals surface area contributed by atoms with Crippen LogP contribution in [0.3, 0.4) is 0 Å². The lowest BCUT2D eigenvalue weighted by Gasteiger charge is -2.25. The number of benzene rings is 2. The fraction of sp³-hybridized carbons (Fsp3) is 0.360. The van der Waals surface area contributed by atoms with Crippen LogP contribution in [-0.4, -0.2) is 46.2 Å². The molecular weight excluding hydrogens is 390 g/mol. The summed E-state index contributed by atoms with van der Waals surface area (Å²) in [5.74, 6) is 0.265. The maximum absolute atomic E-state index is 13.4. The lowest BCUT2D eigenvalue weighted by Crippen LogP contribution is -2.36. The molecule has 1 aromatic heterocycles. The summed E-state index contributed by atoms with van der Waals surface area (Å²) in [6.45, 7) is 2.68. The highest BCUT2D eigenvalue weighted by Crippen LogP contribution is 2.24. The zero-order chi connectivity index (χ0) is 21.6. The number of carbonyl (C=O) groups is 1. The Balaban J connectivity index is 1.58.